The molecule has 0 radical (unpaired) electrons. The van der Waals surface area contributed by atoms with Crippen LogP contribution in [0.15, 0.2) is 12.1 Å². The predicted octanol–water partition coefficient (Wildman–Crippen LogP) is 0.923. The quantitative estimate of drug-likeness (QED) is 0.375. The number of methoxy groups -OCH3 is 1. The average molecular weight is 188 g/mol. The van der Waals surface area contributed by atoms with Crippen LogP contribution in [0.4, 0.5) is 4.39 Å². The van der Waals surface area contributed by atoms with E-state index in [1.165, 1.54) is 0 Å². The highest BCUT2D eigenvalue weighted by atomic mass is 19.1. The van der Waals surface area contributed by atoms with Crippen molar-refractivity contribution in [1.29, 1.82) is 0 Å². The molecule has 13 heavy (non-hydrogen) atoms. The Morgan fingerprint density at radius 2 is 2.08 bits per heavy atom. The summed E-state index contributed by atoms with van der Waals surface area (Å²) in [5.74, 6) is -2.99. The zero-order valence-electron chi connectivity index (χ0n) is 7.08. The molecular formula is C8H9FO4. The Labute approximate surface area is 74.3 Å². The average Bonchev–Trinajstić information content (AvgIpc) is 2.95. The van der Waals surface area contributed by atoms with Crippen LogP contribution in [0.3, 0.4) is 0 Å². The molecule has 0 saturated heterocycles. The number of halogens is 1. The molecular weight excluding hydrogens is 179 g/mol. The minimum Gasteiger partial charge on any atom is -0.464 e. The number of carbonyl (C=O) groups excluding carboxylic acids is 2. The fourth-order valence-electron chi connectivity index (χ4n) is 0.671. The summed E-state index contributed by atoms with van der Waals surface area (Å²) in [6.45, 7) is 0. The normalized spacial score (nSPS) is 16.6. The molecule has 1 aliphatic rings. The Bertz CT molecular complexity index is 255. The molecule has 0 aromatic rings. The first kappa shape index (κ1) is 9.70. The SMILES string of the molecule is COC(=O)/C(F)=C/OC(=O)C1CC1. The summed E-state index contributed by atoms with van der Waals surface area (Å²) in [5.41, 5.74) is 0. The number of rotatable bonds is 3. The van der Waals surface area contributed by atoms with Gasteiger partial charge in [0.2, 0.25) is 5.83 Å². The van der Waals surface area contributed by atoms with Crippen molar-refractivity contribution in [3.8, 4) is 0 Å². The Morgan fingerprint density at radius 3 is 2.54 bits per heavy atom. The highest BCUT2D eigenvalue weighted by Gasteiger charge is 2.31. The van der Waals surface area contributed by atoms with Gasteiger partial charge in [-0.25, -0.2) is 4.79 Å². The van der Waals surface area contributed by atoms with E-state index in [1.807, 2.05) is 0 Å². The molecule has 0 N–H and O–H groups in total. The van der Waals surface area contributed by atoms with Crippen molar-refractivity contribution in [3.63, 3.8) is 0 Å². The molecule has 0 aromatic carbocycles. The lowest BCUT2D eigenvalue weighted by Crippen LogP contribution is -2.05. The number of ether oxygens (including phenoxy) is 2. The van der Waals surface area contributed by atoms with Gasteiger partial charge in [-0.05, 0) is 12.8 Å². The molecule has 1 aliphatic carbocycles. The van der Waals surface area contributed by atoms with E-state index in [1.54, 1.807) is 0 Å². The van der Waals surface area contributed by atoms with Gasteiger partial charge in [0.05, 0.1) is 13.0 Å². The third-order valence-corrected chi connectivity index (χ3v) is 1.57. The van der Waals surface area contributed by atoms with Crippen molar-refractivity contribution in [2.45, 2.75) is 12.8 Å². The summed E-state index contributed by atoms with van der Waals surface area (Å²) >= 11 is 0. The number of hydrogen-bond acceptors (Lipinski definition) is 4. The molecule has 0 spiro atoms. The van der Waals surface area contributed by atoms with E-state index in [2.05, 4.69) is 9.47 Å². The predicted molar refractivity (Wildman–Crippen MR) is 40.0 cm³/mol. The van der Waals surface area contributed by atoms with Crippen molar-refractivity contribution in [3.05, 3.63) is 12.1 Å². The van der Waals surface area contributed by atoms with Crippen LogP contribution in [0.1, 0.15) is 12.8 Å². The molecule has 0 unspecified atom stereocenters. The molecule has 0 amide bonds. The lowest BCUT2D eigenvalue weighted by atomic mass is 10.4. The van der Waals surface area contributed by atoms with Crippen molar-refractivity contribution >= 4 is 11.9 Å². The van der Waals surface area contributed by atoms with Crippen molar-refractivity contribution < 1.29 is 23.5 Å². The maximum atomic E-state index is 12.6. The van der Waals surface area contributed by atoms with E-state index in [0.717, 1.165) is 20.0 Å². The molecule has 5 heteroatoms. The van der Waals surface area contributed by atoms with Gasteiger partial charge < -0.3 is 9.47 Å². The lowest BCUT2D eigenvalue weighted by molar-refractivity contribution is -0.140. The lowest BCUT2D eigenvalue weighted by Gasteiger charge is -1.96. The van der Waals surface area contributed by atoms with Gasteiger partial charge in [-0.2, -0.15) is 4.39 Å². The molecule has 4 nitrogen and oxygen atoms in total. The zero-order valence-corrected chi connectivity index (χ0v) is 7.08. The second kappa shape index (κ2) is 4.02. The molecule has 1 saturated carbocycles. The largest absolute Gasteiger partial charge is 0.464 e. The van der Waals surface area contributed by atoms with E-state index in [0.29, 0.717) is 6.26 Å². The first-order valence-corrected chi connectivity index (χ1v) is 3.79. The van der Waals surface area contributed by atoms with Crippen molar-refractivity contribution in [2.24, 2.45) is 5.92 Å². The Kier molecular flexibility index (Phi) is 3.00. The van der Waals surface area contributed by atoms with Crippen LogP contribution in [-0.2, 0) is 19.1 Å². The van der Waals surface area contributed by atoms with Crippen LogP contribution < -0.4 is 0 Å². The van der Waals surface area contributed by atoms with E-state index < -0.39 is 17.8 Å². The molecule has 1 rings (SSSR count). The topological polar surface area (TPSA) is 52.6 Å². The molecule has 0 aliphatic heterocycles. The maximum Gasteiger partial charge on any atom is 0.370 e. The summed E-state index contributed by atoms with van der Waals surface area (Å²) in [4.78, 5) is 21.3. The highest BCUT2D eigenvalue weighted by molar-refractivity contribution is 5.86. The summed E-state index contributed by atoms with van der Waals surface area (Å²) in [6, 6.07) is 0. The molecule has 0 atom stereocenters. The monoisotopic (exact) mass is 188 g/mol. The van der Waals surface area contributed by atoms with Gasteiger partial charge in [-0.1, -0.05) is 0 Å². The third kappa shape index (κ3) is 2.85. The van der Waals surface area contributed by atoms with Gasteiger partial charge in [0.1, 0.15) is 6.26 Å². The van der Waals surface area contributed by atoms with Gasteiger partial charge in [-0.15, -0.1) is 0 Å². The minimum atomic E-state index is -1.21. The Balaban J connectivity index is 2.37. The highest BCUT2D eigenvalue weighted by Crippen LogP contribution is 2.30. The second-order valence-corrected chi connectivity index (χ2v) is 2.67. The van der Waals surface area contributed by atoms with Crippen LogP contribution >= 0.6 is 0 Å². The van der Waals surface area contributed by atoms with Crippen LogP contribution in [0, 0.1) is 5.92 Å². The summed E-state index contributed by atoms with van der Waals surface area (Å²) < 4.78 is 21.0. The third-order valence-electron chi connectivity index (χ3n) is 1.57. The summed E-state index contributed by atoms with van der Waals surface area (Å²) in [5, 5.41) is 0. The molecule has 0 bridgehead atoms. The molecule has 1 fully saturated rings. The minimum absolute atomic E-state index is 0.123. The van der Waals surface area contributed by atoms with Crippen LogP contribution in [0.2, 0.25) is 0 Å². The van der Waals surface area contributed by atoms with E-state index in [4.69, 9.17) is 0 Å². The van der Waals surface area contributed by atoms with E-state index in [-0.39, 0.29) is 5.92 Å². The standard InChI is InChI=1S/C8H9FO4/c1-12-8(11)6(9)4-13-7(10)5-2-3-5/h4-5H,2-3H2,1H3/b6-4-. The maximum absolute atomic E-state index is 12.6. The van der Waals surface area contributed by atoms with Gasteiger partial charge in [0.25, 0.3) is 0 Å². The van der Waals surface area contributed by atoms with Crippen LogP contribution in [0.25, 0.3) is 0 Å². The number of carbonyl (C=O) groups is 2. The fraction of sp³-hybridized carbons (Fsp3) is 0.500. The second-order valence-electron chi connectivity index (χ2n) is 2.67. The summed E-state index contributed by atoms with van der Waals surface area (Å²) in [7, 11) is 1.04. The van der Waals surface area contributed by atoms with Crippen LogP contribution in [0.5, 0.6) is 0 Å². The molecule has 0 aromatic heterocycles. The fourth-order valence-corrected chi connectivity index (χ4v) is 0.671. The summed E-state index contributed by atoms with van der Waals surface area (Å²) in [6.07, 6.45) is 2.02. The molecule has 0 heterocycles. The Morgan fingerprint density at radius 1 is 1.46 bits per heavy atom. The van der Waals surface area contributed by atoms with Crippen molar-refractivity contribution in [2.75, 3.05) is 7.11 Å². The number of esters is 2. The van der Waals surface area contributed by atoms with Gasteiger partial charge in [-0.3, -0.25) is 4.79 Å². The first-order chi connectivity index (χ1) is 6.15. The van der Waals surface area contributed by atoms with Crippen molar-refractivity contribution in [1.82, 2.24) is 0 Å². The molecule has 72 valence electrons. The van der Waals surface area contributed by atoms with E-state index in [9.17, 15) is 14.0 Å². The van der Waals surface area contributed by atoms with E-state index >= 15 is 0 Å². The Hall–Kier alpha value is -1.39. The first-order valence-electron chi connectivity index (χ1n) is 3.79. The van der Waals surface area contributed by atoms with Crippen LogP contribution in [-0.4, -0.2) is 19.0 Å². The zero-order chi connectivity index (χ0) is 9.84. The van der Waals surface area contributed by atoms with Gasteiger partial charge in [0.15, 0.2) is 0 Å². The van der Waals surface area contributed by atoms with Gasteiger partial charge in [0, 0.05) is 0 Å². The van der Waals surface area contributed by atoms with Gasteiger partial charge >= 0.3 is 11.9 Å². The number of hydrogen-bond donors (Lipinski definition) is 0. The smallest absolute Gasteiger partial charge is 0.370 e.